The summed E-state index contributed by atoms with van der Waals surface area (Å²) in [6.45, 7) is 4.76. The fourth-order valence-electron chi connectivity index (χ4n) is 3.64. The van der Waals surface area contributed by atoms with Gasteiger partial charge in [0.05, 0.1) is 10.8 Å². The zero-order chi connectivity index (χ0) is 17.4. The molecule has 4 rings (SSSR count). The van der Waals surface area contributed by atoms with Crippen molar-refractivity contribution >= 4 is 21.8 Å². The number of rotatable bonds is 3. The molecule has 0 saturated heterocycles. The minimum Gasteiger partial charge on any atom is -0.488 e. The Labute approximate surface area is 148 Å². The van der Waals surface area contributed by atoms with Crippen LogP contribution in [-0.4, -0.2) is 0 Å². The van der Waals surface area contributed by atoms with Gasteiger partial charge in [0.1, 0.15) is 19.4 Å². The molecule has 3 aromatic carbocycles. The average Bonchev–Trinajstić information content (AvgIpc) is 2.64. The molecular formula is C23H22NO+. The van der Waals surface area contributed by atoms with Crippen LogP contribution in [0, 0.1) is 13.8 Å². The Bertz CT molecular complexity index is 1000. The molecule has 1 aromatic heterocycles. The van der Waals surface area contributed by atoms with Crippen molar-refractivity contribution in [3.05, 3.63) is 83.4 Å². The molecule has 0 aliphatic rings. The molecule has 0 amide bonds. The van der Waals surface area contributed by atoms with Crippen LogP contribution in [0.15, 0.2) is 66.7 Å². The first kappa shape index (κ1) is 15.6. The third-order valence-corrected chi connectivity index (χ3v) is 4.95. The maximum Gasteiger partial charge on any atom is 0.213 e. The zero-order valence-electron chi connectivity index (χ0n) is 14.9. The van der Waals surface area contributed by atoms with Crippen molar-refractivity contribution in [1.82, 2.24) is 0 Å². The predicted molar refractivity (Wildman–Crippen MR) is 103 cm³/mol. The van der Waals surface area contributed by atoms with E-state index in [0.717, 1.165) is 5.75 Å². The molecule has 0 bridgehead atoms. The molecule has 0 unspecified atom stereocenters. The topological polar surface area (TPSA) is 13.1 Å². The van der Waals surface area contributed by atoms with Gasteiger partial charge in [-0.2, -0.15) is 4.57 Å². The molecule has 0 N–H and O–H groups in total. The Morgan fingerprint density at radius 1 is 0.720 bits per heavy atom. The van der Waals surface area contributed by atoms with Crippen LogP contribution in [0.3, 0.4) is 0 Å². The van der Waals surface area contributed by atoms with E-state index >= 15 is 0 Å². The van der Waals surface area contributed by atoms with E-state index in [1.807, 2.05) is 0 Å². The van der Waals surface area contributed by atoms with Gasteiger partial charge >= 0.3 is 0 Å². The van der Waals surface area contributed by atoms with Crippen molar-refractivity contribution < 1.29 is 9.30 Å². The first-order valence-electron chi connectivity index (χ1n) is 8.64. The predicted octanol–water partition coefficient (Wildman–Crippen LogP) is 5.01. The normalized spacial score (nSPS) is 11.2. The first-order chi connectivity index (χ1) is 12.2. The number of para-hydroxylation sites is 3. The first-order valence-corrected chi connectivity index (χ1v) is 8.64. The van der Waals surface area contributed by atoms with Crippen LogP contribution in [0.4, 0.5) is 0 Å². The Hall–Kier alpha value is -2.87. The summed E-state index contributed by atoms with van der Waals surface area (Å²) in [5, 5.41) is 2.49. The number of aromatic nitrogens is 1. The molecule has 0 aliphatic carbocycles. The number of hydrogen-bond acceptors (Lipinski definition) is 1. The summed E-state index contributed by atoms with van der Waals surface area (Å²) in [5.41, 5.74) is 6.04. The minimum atomic E-state index is 0.563. The van der Waals surface area contributed by atoms with Gasteiger partial charge in [-0.15, -0.1) is 0 Å². The summed E-state index contributed by atoms with van der Waals surface area (Å²) >= 11 is 0. The Morgan fingerprint density at radius 2 is 1.24 bits per heavy atom. The van der Waals surface area contributed by atoms with Crippen LogP contribution in [0.5, 0.6) is 5.75 Å². The van der Waals surface area contributed by atoms with Crippen molar-refractivity contribution in [3.63, 3.8) is 0 Å². The standard InChI is InChI=1S/C23H22NO/c1-16-9-8-10-17(2)23(16)25-15-20-18-11-4-6-13-21(18)24(3)22-14-7-5-12-19(20)22/h4-14H,15H2,1-3H3/q+1. The van der Waals surface area contributed by atoms with Gasteiger partial charge < -0.3 is 4.74 Å². The van der Waals surface area contributed by atoms with Gasteiger partial charge in [0.25, 0.3) is 0 Å². The second-order valence-electron chi connectivity index (χ2n) is 6.58. The molecule has 1 heterocycles. The van der Waals surface area contributed by atoms with Gasteiger partial charge in [-0.25, -0.2) is 0 Å². The molecule has 0 aliphatic heterocycles. The Kier molecular flexibility index (Phi) is 3.89. The quantitative estimate of drug-likeness (QED) is 0.380. The maximum atomic E-state index is 6.30. The number of hydrogen-bond donors (Lipinski definition) is 0. The van der Waals surface area contributed by atoms with E-state index in [1.165, 1.54) is 38.5 Å². The van der Waals surface area contributed by atoms with Crippen LogP contribution in [-0.2, 0) is 13.7 Å². The smallest absolute Gasteiger partial charge is 0.213 e. The number of nitrogens with zero attached hydrogens (tertiary/aromatic N) is 1. The molecule has 2 nitrogen and oxygen atoms in total. The van der Waals surface area contributed by atoms with Crippen LogP contribution in [0.25, 0.3) is 21.8 Å². The molecule has 0 spiro atoms. The SMILES string of the molecule is Cc1cccc(C)c1OCc1c2ccccc2[n+](C)c2ccccc12. The largest absolute Gasteiger partial charge is 0.488 e. The van der Waals surface area contributed by atoms with E-state index in [2.05, 4.69) is 92.2 Å². The third kappa shape index (κ3) is 2.64. The van der Waals surface area contributed by atoms with E-state index in [-0.39, 0.29) is 0 Å². The van der Waals surface area contributed by atoms with Crippen LogP contribution in [0.2, 0.25) is 0 Å². The van der Waals surface area contributed by atoms with Gasteiger partial charge in [-0.1, -0.05) is 42.5 Å². The lowest BCUT2D eigenvalue weighted by atomic mass is 10.0. The van der Waals surface area contributed by atoms with Gasteiger partial charge in [0.2, 0.25) is 11.0 Å². The van der Waals surface area contributed by atoms with E-state index in [0.29, 0.717) is 6.61 Å². The molecule has 0 saturated carbocycles. The van der Waals surface area contributed by atoms with Crippen molar-refractivity contribution in [1.29, 1.82) is 0 Å². The molecule has 2 heteroatoms. The Balaban J connectivity index is 1.89. The Morgan fingerprint density at radius 3 is 1.80 bits per heavy atom. The van der Waals surface area contributed by atoms with Gasteiger partial charge in [0, 0.05) is 17.7 Å². The molecular weight excluding hydrogens is 306 g/mol. The van der Waals surface area contributed by atoms with Crippen molar-refractivity contribution in [2.45, 2.75) is 20.5 Å². The highest BCUT2D eigenvalue weighted by Gasteiger charge is 2.17. The van der Waals surface area contributed by atoms with Crippen molar-refractivity contribution in [2.75, 3.05) is 0 Å². The van der Waals surface area contributed by atoms with Gasteiger partial charge in [-0.05, 0) is 37.1 Å². The van der Waals surface area contributed by atoms with E-state index < -0.39 is 0 Å². The van der Waals surface area contributed by atoms with E-state index in [1.54, 1.807) is 0 Å². The highest BCUT2D eigenvalue weighted by molar-refractivity contribution is 5.93. The van der Waals surface area contributed by atoms with Crippen LogP contribution in [0.1, 0.15) is 16.7 Å². The monoisotopic (exact) mass is 328 g/mol. The van der Waals surface area contributed by atoms with Crippen LogP contribution < -0.4 is 9.30 Å². The maximum absolute atomic E-state index is 6.30. The fraction of sp³-hybridized carbons (Fsp3) is 0.174. The summed E-state index contributed by atoms with van der Waals surface area (Å²) in [7, 11) is 2.13. The van der Waals surface area contributed by atoms with E-state index in [4.69, 9.17) is 4.74 Å². The summed E-state index contributed by atoms with van der Waals surface area (Å²) in [6, 6.07) is 23.4. The third-order valence-electron chi connectivity index (χ3n) is 4.95. The summed E-state index contributed by atoms with van der Waals surface area (Å²) < 4.78 is 8.56. The highest BCUT2D eigenvalue weighted by atomic mass is 16.5. The average molecular weight is 328 g/mol. The summed E-state index contributed by atoms with van der Waals surface area (Å²) in [4.78, 5) is 0. The lowest BCUT2D eigenvalue weighted by Crippen LogP contribution is -2.30. The zero-order valence-corrected chi connectivity index (χ0v) is 14.9. The molecule has 0 fully saturated rings. The lowest BCUT2D eigenvalue weighted by molar-refractivity contribution is -0.617. The van der Waals surface area contributed by atoms with Crippen molar-refractivity contribution in [3.8, 4) is 5.75 Å². The molecule has 124 valence electrons. The number of fused-ring (bicyclic) bond motifs is 2. The number of aryl methyl sites for hydroxylation is 3. The van der Waals surface area contributed by atoms with E-state index in [9.17, 15) is 0 Å². The van der Waals surface area contributed by atoms with Gasteiger partial charge in [0.15, 0.2) is 0 Å². The lowest BCUT2D eigenvalue weighted by Gasteiger charge is -2.14. The number of benzene rings is 3. The number of ether oxygens (including phenoxy) is 1. The highest BCUT2D eigenvalue weighted by Crippen LogP contribution is 2.28. The number of pyridine rings is 1. The second kappa shape index (κ2) is 6.21. The summed E-state index contributed by atoms with van der Waals surface area (Å²) in [6.07, 6.45) is 0. The molecule has 0 radical (unpaired) electrons. The minimum absolute atomic E-state index is 0.563. The second-order valence-corrected chi connectivity index (χ2v) is 6.58. The molecule has 25 heavy (non-hydrogen) atoms. The summed E-state index contributed by atoms with van der Waals surface area (Å²) in [5.74, 6) is 0.990. The van der Waals surface area contributed by atoms with Gasteiger partial charge in [-0.3, -0.25) is 0 Å². The molecule has 4 aromatic rings. The molecule has 0 atom stereocenters. The van der Waals surface area contributed by atoms with Crippen LogP contribution >= 0.6 is 0 Å². The van der Waals surface area contributed by atoms with Crippen molar-refractivity contribution in [2.24, 2.45) is 7.05 Å². The fourth-order valence-corrected chi connectivity index (χ4v) is 3.64.